The van der Waals surface area contributed by atoms with Gasteiger partial charge >= 0.3 is 0 Å². The normalized spacial score (nSPS) is 10.9. The quantitative estimate of drug-likeness (QED) is 0.851. The minimum atomic E-state index is 0.379. The Morgan fingerprint density at radius 1 is 1.39 bits per heavy atom. The van der Waals surface area contributed by atoms with E-state index in [-0.39, 0.29) is 0 Å². The summed E-state index contributed by atoms with van der Waals surface area (Å²) in [6.07, 6.45) is 1.98. The van der Waals surface area contributed by atoms with Crippen LogP contribution in [0, 0.1) is 0 Å². The van der Waals surface area contributed by atoms with Crippen molar-refractivity contribution in [2.24, 2.45) is 0 Å². The van der Waals surface area contributed by atoms with Gasteiger partial charge in [0.15, 0.2) is 0 Å². The van der Waals surface area contributed by atoms with Crippen LogP contribution in [-0.2, 0) is 6.54 Å². The maximum absolute atomic E-state index is 5.84. The minimum Gasteiger partial charge on any atom is -0.398 e. The van der Waals surface area contributed by atoms with Gasteiger partial charge in [-0.15, -0.1) is 0 Å². The molecule has 0 saturated heterocycles. The Morgan fingerprint density at radius 2 is 2.17 bits per heavy atom. The van der Waals surface area contributed by atoms with Gasteiger partial charge in [0, 0.05) is 35.0 Å². The van der Waals surface area contributed by atoms with Crippen molar-refractivity contribution in [3.8, 4) is 0 Å². The van der Waals surface area contributed by atoms with Gasteiger partial charge < -0.3 is 11.1 Å². The fraction of sp³-hybridized carbons (Fsp3) is 0.308. The number of nitrogen functional groups attached to an aromatic ring is 1. The predicted octanol–water partition coefficient (Wildman–Crippen LogP) is 3.42. The highest BCUT2D eigenvalue weighted by Gasteiger charge is 2.02. The SMILES string of the molecule is CC(C)n1ccc(NCc2ccc(Br)c(N)c2)n1. The number of hydrogen-bond acceptors (Lipinski definition) is 3. The Hall–Kier alpha value is -1.49. The molecular formula is C13H17BrN4. The van der Waals surface area contributed by atoms with Crippen molar-refractivity contribution >= 4 is 27.4 Å². The second kappa shape index (κ2) is 5.44. The zero-order valence-electron chi connectivity index (χ0n) is 10.5. The molecule has 18 heavy (non-hydrogen) atoms. The lowest BCUT2D eigenvalue weighted by Crippen LogP contribution is -2.04. The van der Waals surface area contributed by atoms with Crippen molar-refractivity contribution in [2.45, 2.75) is 26.4 Å². The third-order valence-electron chi connectivity index (χ3n) is 2.67. The maximum Gasteiger partial charge on any atom is 0.148 e. The van der Waals surface area contributed by atoms with Crippen molar-refractivity contribution in [1.29, 1.82) is 0 Å². The van der Waals surface area contributed by atoms with Crippen LogP contribution in [0.25, 0.3) is 0 Å². The van der Waals surface area contributed by atoms with Crippen LogP contribution in [0.15, 0.2) is 34.9 Å². The third-order valence-corrected chi connectivity index (χ3v) is 3.39. The third kappa shape index (κ3) is 3.04. The molecule has 3 N–H and O–H groups in total. The lowest BCUT2D eigenvalue weighted by Gasteiger charge is -2.06. The first-order valence-electron chi connectivity index (χ1n) is 5.89. The number of nitrogens with two attached hydrogens (primary N) is 1. The zero-order valence-corrected chi connectivity index (χ0v) is 12.1. The van der Waals surface area contributed by atoms with Gasteiger partial charge in [0.25, 0.3) is 0 Å². The smallest absolute Gasteiger partial charge is 0.148 e. The van der Waals surface area contributed by atoms with Crippen LogP contribution in [0.5, 0.6) is 0 Å². The average molecular weight is 309 g/mol. The Morgan fingerprint density at radius 3 is 2.78 bits per heavy atom. The summed E-state index contributed by atoms with van der Waals surface area (Å²) < 4.78 is 2.86. The molecule has 0 bridgehead atoms. The molecule has 0 saturated carbocycles. The van der Waals surface area contributed by atoms with E-state index in [4.69, 9.17) is 5.73 Å². The summed E-state index contributed by atoms with van der Waals surface area (Å²) in [6, 6.07) is 8.30. The summed E-state index contributed by atoms with van der Waals surface area (Å²) in [7, 11) is 0. The predicted molar refractivity (Wildman–Crippen MR) is 78.5 cm³/mol. The van der Waals surface area contributed by atoms with Gasteiger partial charge in [-0.05, 0) is 47.5 Å². The van der Waals surface area contributed by atoms with Crippen molar-refractivity contribution in [3.63, 3.8) is 0 Å². The standard InChI is InChI=1S/C13H17BrN4/c1-9(2)18-6-5-13(17-18)16-8-10-3-4-11(14)12(15)7-10/h3-7,9H,8,15H2,1-2H3,(H,16,17). The number of anilines is 2. The van der Waals surface area contributed by atoms with Crippen molar-refractivity contribution in [2.75, 3.05) is 11.1 Å². The molecule has 4 nitrogen and oxygen atoms in total. The molecule has 1 aromatic carbocycles. The zero-order chi connectivity index (χ0) is 13.1. The van der Waals surface area contributed by atoms with Crippen LogP contribution in [0.1, 0.15) is 25.5 Å². The maximum atomic E-state index is 5.84. The fourth-order valence-electron chi connectivity index (χ4n) is 1.62. The molecule has 2 aromatic rings. The average Bonchev–Trinajstić information content (AvgIpc) is 2.79. The Labute approximate surface area is 115 Å². The lowest BCUT2D eigenvalue weighted by molar-refractivity contribution is 0.534. The first-order chi connectivity index (χ1) is 8.56. The second-order valence-electron chi connectivity index (χ2n) is 4.48. The summed E-state index contributed by atoms with van der Waals surface area (Å²) >= 11 is 3.38. The van der Waals surface area contributed by atoms with Crippen molar-refractivity contribution in [1.82, 2.24) is 9.78 Å². The van der Waals surface area contributed by atoms with Crippen LogP contribution in [0.4, 0.5) is 11.5 Å². The highest BCUT2D eigenvalue weighted by Crippen LogP contribution is 2.20. The molecule has 0 radical (unpaired) electrons. The molecule has 0 aliphatic carbocycles. The van der Waals surface area contributed by atoms with Crippen molar-refractivity contribution < 1.29 is 0 Å². The van der Waals surface area contributed by atoms with E-state index in [1.807, 2.05) is 35.1 Å². The van der Waals surface area contributed by atoms with Gasteiger partial charge in [-0.1, -0.05) is 6.07 Å². The molecule has 5 heteroatoms. The first-order valence-corrected chi connectivity index (χ1v) is 6.68. The van der Waals surface area contributed by atoms with Crippen molar-refractivity contribution in [3.05, 3.63) is 40.5 Å². The molecular weight excluding hydrogens is 292 g/mol. The van der Waals surface area contributed by atoms with E-state index in [1.54, 1.807) is 0 Å². The summed E-state index contributed by atoms with van der Waals surface area (Å²) in [4.78, 5) is 0. The van der Waals surface area contributed by atoms with E-state index in [2.05, 4.69) is 40.2 Å². The van der Waals surface area contributed by atoms with Crippen LogP contribution < -0.4 is 11.1 Å². The van der Waals surface area contributed by atoms with Crippen LogP contribution >= 0.6 is 15.9 Å². The highest BCUT2D eigenvalue weighted by molar-refractivity contribution is 9.10. The van der Waals surface area contributed by atoms with Crippen LogP contribution in [-0.4, -0.2) is 9.78 Å². The monoisotopic (exact) mass is 308 g/mol. The Kier molecular flexibility index (Phi) is 3.91. The van der Waals surface area contributed by atoms with Crippen LogP contribution in [0.3, 0.4) is 0 Å². The number of hydrogen-bond donors (Lipinski definition) is 2. The summed E-state index contributed by atoms with van der Waals surface area (Å²) in [6.45, 7) is 4.92. The number of nitrogens with zero attached hydrogens (tertiary/aromatic N) is 2. The first kappa shape index (κ1) is 13.0. The number of halogens is 1. The molecule has 0 aliphatic heterocycles. The van der Waals surface area contributed by atoms with E-state index < -0.39 is 0 Å². The number of benzene rings is 1. The van der Waals surface area contributed by atoms with Gasteiger partial charge in [0.2, 0.25) is 0 Å². The molecule has 0 amide bonds. The number of aromatic nitrogens is 2. The van der Waals surface area contributed by atoms with Gasteiger partial charge in [0.1, 0.15) is 5.82 Å². The van der Waals surface area contributed by atoms with Gasteiger partial charge in [-0.3, -0.25) is 4.68 Å². The topological polar surface area (TPSA) is 55.9 Å². The second-order valence-corrected chi connectivity index (χ2v) is 5.34. The lowest BCUT2D eigenvalue weighted by atomic mass is 10.2. The van der Waals surface area contributed by atoms with E-state index in [1.165, 1.54) is 0 Å². The summed E-state index contributed by atoms with van der Waals surface area (Å²) in [5.74, 6) is 0.880. The molecule has 0 fully saturated rings. The molecule has 0 unspecified atom stereocenters. The molecule has 1 aromatic heterocycles. The molecule has 96 valence electrons. The van der Waals surface area contributed by atoms with Gasteiger partial charge in [-0.2, -0.15) is 5.10 Å². The largest absolute Gasteiger partial charge is 0.398 e. The molecule has 2 rings (SSSR count). The molecule has 1 heterocycles. The minimum absolute atomic E-state index is 0.379. The Bertz CT molecular complexity index is 534. The van der Waals surface area contributed by atoms with Crippen LogP contribution in [0.2, 0.25) is 0 Å². The summed E-state index contributed by atoms with van der Waals surface area (Å²) in [5, 5.41) is 7.71. The Balaban J connectivity index is 2.00. The van der Waals surface area contributed by atoms with Gasteiger partial charge in [-0.25, -0.2) is 0 Å². The molecule has 0 aliphatic rings. The van der Waals surface area contributed by atoms with E-state index in [0.29, 0.717) is 12.6 Å². The van der Waals surface area contributed by atoms with Gasteiger partial charge in [0.05, 0.1) is 0 Å². The molecule has 0 spiro atoms. The van der Waals surface area contributed by atoms with E-state index in [0.717, 1.165) is 21.5 Å². The highest BCUT2D eigenvalue weighted by atomic mass is 79.9. The fourth-order valence-corrected chi connectivity index (χ4v) is 1.86. The van der Waals surface area contributed by atoms with E-state index >= 15 is 0 Å². The summed E-state index contributed by atoms with van der Waals surface area (Å²) in [5.41, 5.74) is 7.72. The number of nitrogens with one attached hydrogen (secondary N) is 1. The van der Waals surface area contributed by atoms with E-state index in [9.17, 15) is 0 Å². The molecule has 0 atom stereocenters. The number of rotatable bonds is 4.